The third kappa shape index (κ3) is 5.57. The Kier molecular flexibility index (Phi) is 6.54. The zero-order chi connectivity index (χ0) is 20.0. The van der Waals surface area contributed by atoms with Gasteiger partial charge in [0.2, 0.25) is 11.8 Å². The maximum absolute atomic E-state index is 12.4. The van der Waals surface area contributed by atoms with Gasteiger partial charge in [-0.25, -0.2) is 4.79 Å². The van der Waals surface area contributed by atoms with E-state index in [9.17, 15) is 14.4 Å². The number of ether oxygens (including phenoxy) is 1. The lowest BCUT2D eigenvalue weighted by atomic mass is 10.1. The van der Waals surface area contributed by atoms with Gasteiger partial charge in [-0.15, -0.1) is 0 Å². The van der Waals surface area contributed by atoms with Crippen molar-refractivity contribution in [2.45, 2.75) is 26.8 Å². The van der Waals surface area contributed by atoms with Gasteiger partial charge in [0.1, 0.15) is 6.04 Å². The molecule has 0 spiro atoms. The molecule has 0 bridgehead atoms. The quantitative estimate of drug-likeness (QED) is 0.680. The molecule has 3 N–H and O–H groups in total. The van der Waals surface area contributed by atoms with Crippen molar-refractivity contribution >= 4 is 34.8 Å². The van der Waals surface area contributed by atoms with E-state index in [-0.39, 0.29) is 11.8 Å². The molecule has 0 aliphatic heterocycles. The first-order chi connectivity index (χ1) is 12.8. The van der Waals surface area contributed by atoms with Crippen LogP contribution in [0.5, 0.6) is 0 Å². The Morgan fingerprint density at radius 1 is 0.963 bits per heavy atom. The van der Waals surface area contributed by atoms with Crippen LogP contribution in [0.1, 0.15) is 29.8 Å². The SMILES string of the molecule is COC(=O)c1ccc(C)c(N[C@H](C)C(=O)Nc2ccc(NC(C)=O)cc2)c1. The highest BCUT2D eigenvalue weighted by atomic mass is 16.5. The van der Waals surface area contributed by atoms with Crippen molar-refractivity contribution < 1.29 is 19.1 Å². The lowest BCUT2D eigenvalue weighted by Gasteiger charge is -2.17. The molecule has 7 heteroatoms. The molecule has 0 saturated carbocycles. The van der Waals surface area contributed by atoms with E-state index >= 15 is 0 Å². The highest BCUT2D eigenvalue weighted by Gasteiger charge is 2.15. The number of carbonyl (C=O) groups is 3. The highest BCUT2D eigenvalue weighted by Crippen LogP contribution is 2.19. The zero-order valence-electron chi connectivity index (χ0n) is 15.8. The van der Waals surface area contributed by atoms with Crippen LogP contribution < -0.4 is 16.0 Å². The molecule has 1 atom stereocenters. The summed E-state index contributed by atoms with van der Waals surface area (Å²) in [6, 6.07) is 11.4. The second-order valence-corrected chi connectivity index (χ2v) is 6.14. The van der Waals surface area contributed by atoms with Gasteiger partial charge in [0.25, 0.3) is 0 Å². The van der Waals surface area contributed by atoms with Gasteiger partial charge in [0.15, 0.2) is 0 Å². The van der Waals surface area contributed by atoms with E-state index in [2.05, 4.69) is 16.0 Å². The molecule has 0 saturated heterocycles. The number of methoxy groups -OCH3 is 1. The highest BCUT2D eigenvalue weighted by molar-refractivity contribution is 5.97. The topological polar surface area (TPSA) is 96.5 Å². The molecule has 2 aromatic carbocycles. The van der Waals surface area contributed by atoms with Gasteiger partial charge in [-0.1, -0.05) is 6.07 Å². The first-order valence-corrected chi connectivity index (χ1v) is 8.44. The van der Waals surface area contributed by atoms with Crippen molar-refractivity contribution in [2.24, 2.45) is 0 Å². The van der Waals surface area contributed by atoms with Gasteiger partial charge in [-0.2, -0.15) is 0 Å². The van der Waals surface area contributed by atoms with Crippen LogP contribution in [0.2, 0.25) is 0 Å². The Balaban J connectivity index is 2.03. The molecule has 2 amide bonds. The number of amides is 2. The van der Waals surface area contributed by atoms with Gasteiger partial charge < -0.3 is 20.7 Å². The van der Waals surface area contributed by atoms with Crippen LogP contribution in [-0.4, -0.2) is 30.9 Å². The van der Waals surface area contributed by atoms with E-state index in [0.29, 0.717) is 22.6 Å². The van der Waals surface area contributed by atoms with Crippen molar-refractivity contribution in [1.82, 2.24) is 0 Å². The molecule has 7 nitrogen and oxygen atoms in total. The minimum absolute atomic E-state index is 0.158. The lowest BCUT2D eigenvalue weighted by Crippen LogP contribution is -2.32. The molecule has 0 aliphatic rings. The Bertz CT molecular complexity index is 847. The van der Waals surface area contributed by atoms with E-state index in [1.807, 2.05) is 6.92 Å². The maximum Gasteiger partial charge on any atom is 0.337 e. The maximum atomic E-state index is 12.4. The van der Waals surface area contributed by atoms with Crippen molar-refractivity contribution in [3.05, 3.63) is 53.6 Å². The summed E-state index contributed by atoms with van der Waals surface area (Å²) >= 11 is 0. The summed E-state index contributed by atoms with van der Waals surface area (Å²) in [7, 11) is 1.32. The Morgan fingerprint density at radius 2 is 1.56 bits per heavy atom. The third-order valence-electron chi connectivity index (χ3n) is 3.90. The van der Waals surface area contributed by atoms with Crippen molar-refractivity contribution in [1.29, 1.82) is 0 Å². The molecule has 0 fully saturated rings. The molecule has 0 aliphatic carbocycles. The second-order valence-electron chi connectivity index (χ2n) is 6.14. The summed E-state index contributed by atoms with van der Waals surface area (Å²) in [5.74, 6) is -0.825. The molecular formula is C20H23N3O4. The third-order valence-corrected chi connectivity index (χ3v) is 3.90. The minimum Gasteiger partial charge on any atom is -0.465 e. The molecule has 0 radical (unpaired) electrons. The van der Waals surface area contributed by atoms with E-state index in [4.69, 9.17) is 4.74 Å². The number of hydrogen-bond acceptors (Lipinski definition) is 5. The summed E-state index contributed by atoms with van der Waals surface area (Å²) in [5.41, 5.74) is 3.26. The normalized spacial score (nSPS) is 11.3. The predicted molar refractivity (Wildman–Crippen MR) is 105 cm³/mol. The van der Waals surface area contributed by atoms with Crippen LogP contribution in [0.15, 0.2) is 42.5 Å². The number of anilines is 3. The van der Waals surface area contributed by atoms with Crippen LogP contribution in [0, 0.1) is 6.92 Å². The van der Waals surface area contributed by atoms with Crippen LogP contribution in [-0.2, 0) is 14.3 Å². The van der Waals surface area contributed by atoms with Crippen LogP contribution in [0.4, 0.5) is 17.1 Å². The second kappa shape index (κ2) is 8.84. The first kappa shape index (κ1) is 20.0. The minimum atomic E-state index is -0.536. The number of aryl methyl sites for hydroxylation is 1. The Labute approximate surface area is 158 Å². The summed E-state index contributed by atoms with van der Waals surface area (Å²) in [6.07, 6.45) is 0. The predicted octanol–water partition coefficient (Wildman–Crippen LogP) is 3.18. The molecule has 0 aromatic heterocycles. The fraction of sp³-hybridized carbons (Fsp3) is 0.250. The molecule has 2 aromatic rings. The molecule has 2 rings (SSSR count). The summed E-state index contributed by atoms with van der Waals surface area (Å²) in [6.45, 7) is 5.04. The van der Waals surface area contributed by atoms with Crippen molar-refractivity contribution in [2.75, 3.05) is 23.1 Å². The van der Waals surface area contributed by atoms with E-state index < -0.39 is 12.0 Å². The zero-order valence-corrected chi connectivity index (χ0v) is 15.8. The summed E-state index contributed by atoms with van der Waals surface area (Å²) in [4.78, 5) is 35.1. The van der Waals surface area contributed by atoms with Crippen molar-refractivity contribution in [3.63, 3.8) is 0 Å². The first-order valence-electron chi connectivity index (χ1n) is 8.44. The van der Waals surface area contributed by atoms with Gasteiger partial charge in [-0.05, 0) is 55.8 Å². The molecular weight excluding hydrogens is 346 g/mol. The standard InChI is InChI=1S/C20H23N3O4/c1-12-5-6-15(20(26)27-4)11-18(12)21-13(2)19(25)23-17-9-7-16(8-10-17)22-14(3)24/h5-11,13,21H,1-4H3,(H,22,24)(H,23,25)/t13-/m1/s1. The number of rotatable bonds is 6. The average molecular weight is 369 g/mol. The van der Waals surface area contributed by atoms with E-state index in [0.717, 1.165) is 5.56 Å². The van der Waals surface area contributed by atoms with Crippen LogP contribution in [0.25, 0.3) is 0 Å². The van der Waals surface area contributed by atoms with Crippen LogP contribution in [0.3, 0.4) is 0 Å². The van der Waals surface area contributed by atoms with Crippen LogP contribution >= 0.6 is 0 Å². The lowest BCUT2D eigenvalue weighted by molar-refractivity contribution is -0.116. The molecule has 142 valence electrons. The molecule has 27 heavy (non-hydrogen) atoms. The fourth-order valence-electron chi connectivity index (χ4n) is 2.41. The monoisotopic (exact) mass is 369 g/mol. The number of esters is 1. The molecule has 0 unspecified atom stereocenters. The smallest absolute Gasteiger partial charge is 0.337 e. The van der Waals surface area contributed by atoms with Gasteiger partial charge in [-0.3, -0.25) is 9.59 Å². The number of hydrogen-bond donors (Lipinski definition) is 3. The number of nitrogens with one attached hydrogen (secondary N) is 3. The fourth-order valence-corrected chi connectivity index (χ4v) is 2.41. The van der Waals surface area contributed by atoms with Gasteiger partial charge in [0, 0.05) is 24.0 Å². The van der Waals surface area contributed by atoms with Gasteiger partial charge in [0.05, 0.1) is 12.7 Å². The largest absolute Gasteiger partial charge is 0.465 e. The van der Waals surface area contributed by atoms with E-state index in [1.165, 1.54) is 14.0 Å². The Hall–Kier alpha value is -3.35. The van der Waals surface area contributed by atoms with Crippen molar-refractivity contribution in [3.8, 4) is 0 Å². The molecule has 0 heterocycles. The van der Waals surface area contributed by atoms with Gasteiger partial charge >= 0.3 is 5.97 Å². The summed E-state index contributed by atoms with van der Waals surface area (Å²) < 4.78 is 4.72. The number of benzene rings is 2. The average Bonchev–Trinajstić information content (AvgIpc) is 2.63. The summed E-state index contributed by atoms with van der Waals surface area (Å²) in [5, 5.41) is 8.58. The Morgan fingerprint density at radius 3 is 2.11 bits per heavy atom. The number of carbonyl (C=O) groups excluding carboxylic acids is 3. The van der Waals surface area contributed by atoms with E-state index in [1.54, 1.807) is 49.4 Å².